The molecule has 1 atom stereocenters. The van der Waals surface area contributed by atoms with Crippen LogP contribution in [0.15, 0.2) is 24.3 Å². The van der Waals surface area contributed by atoms with Crippen LogP contribution in [0, 0.1) is 0 Å². The Morgan fingerprint density at radius 3 is 3.00 bits per heavy atom. The summed E-state index contributed by atoms with van der Waals surface area (Å²) >= 11 is 0. The zero-order valence-electron chi connectivity index (χ0n) is 10.0. The number of nitrogens with one attached hydrogen (secondary N) is 1. The number of aryl methyl sites for hydroxylation is 1. The average Bonchev–Trinajstić information content (AvgIpc) is 2.81. The Bertz CT molecular complexity index is 318. The minimum atomic E-state index is 0.717. The summed E-state index contributed by atoms with van der Waals surface area (Å²) in [6.07, 6.45) is 5.01. The molecule has 88 valence electrons. The first kappa shape index (κ1) is 11.5. The summed E-state index contributed by atoms with van der Waals surface area (Å²) < 4.78 is 5.63. The van der Waals surface area contributed by atoms with Crippen molar-refractivity contribution < 1.29 is 4.74 Å². The lowest BCUT2D eigenvalue weighted by molar-refractivity contribution is 0.335. The van der Waals surface area contributed by atoms with Crippen molar-refractivity contribution in [3.05, 3.63) is 29.8 Å². The van der Waals surface area contributed by atoms with E-state index in [0.717, 1.165) is 24.8 Å². The van der Waals surface area contributed by atoms with Gasteiger partial charge in [-0.15, -0.1) is 0 Å². The third kappa shape index (κ3) is 2.99. The first-order valence-corrected chi connectivity index (χ1v) is 6.34. The molecule has 2 nitrogen and oxygen atoms in total. The molecule has 1 aliphatic heterocycles. The van der Waals surface area contributed by atoms with Gasteiger partial charge in [0.15, 0.2) is 0 Å². The van der Waals surface area contributed by atoms with Crippen LogP contribution >= 0.6 is 0 Å². The molecule has 1 N–H and O–H groups in total. The molecule has 1 saturated heterocycles. The van der Waals surface area contributed by atoms with E-state index in [1.807, 2.05) is 13.0 Å². The van der Waals surface area contributed by atoms with Gasteiger partial charge in [0.25, 0.3) is 0 Å². The number of rotatable bonds is 5. The normalized spacial score (nSPS) is 19.9. The van der Waals surface area contributed by atoms with E-state index in [2.05, 4.69) is 23.5 Å². The van der Waals surface area contributed by atoms with E-state index in [1.54, 1.807) is 0 Å². The Kier molecular flexibility index (Phi) is 4.23. The van der Waals surface area contributed by atoms with Gasteiger partial charge in [-0.3, -0.25) is 0 Å². The van der Waals surface area contributed by atoms with E-state index in [1.165, 1.54) is 31.4 Å². The highest BCUT2D eigenvalue weighted by Gasteiger charge is 2.14. The van der Waals surface area contributed by atoms with Crippen molar-refractivity contribution in [2.75, 3.05) is 13.2 Å². The first-order valence-electron chi connectivity index (χ1n) is 6.34. The summed E-state index contributed by atoms with van der Waals surface area (Å²) in [5.74, 6) is 1.06. The molecule has 1 heterocycles. The quantitative estimate of drug-likeness (QED) is 0.822. The molecule has 16 heavy (non-hydrogen) atoms. The minimum Gasteiger partial charge on any atom is -0.494 e. The lowest BCUT2D eigenvalue weighted by atomic mass is 10.0. The van der Waals surface area contributed by atoms with Crippen molar-refractivity contribution in [2.45, 2.75) is 38.6 Å². The van der Waals surface area contributed by atoms with Gasteiger partial charge in [-0.1, -0.05) is 18.2 Å². The number of benzene rings is 1. The van der Waals surface area contributed by atoms with Crippen molar-refractivity contribution in [1.29, 1.82) is 0 Å². The first-order chi connectivity index (χ1) is 7.90. The molecule has 2 heteroatoms. The van der Waals surface area contributed by atoms with Gasteiger partial charge in [0, 0.05) is 6.04 Å². The lowest BCUT2D eigenvalue weighted by Gasteiger charge is -2.13. The molecule has 1 aliphatic rings. The van der Waals surface area contributed by atoms with Crippen LogP contribution in [0.1, 0.15) is 31.7 Å². The Labute approximate surface area is 98.0 Å². The third-order valence-electron chi connectivity index (χ3n) is 3.20. The molecule has 1 unspecified atom stereocenters. The number of hydrogen-bond donors (Lipinski definition) is 1. The number of hydrogen-bond acceptors (Lipinski definition) is 2. The van der Waals surface area contributed by atoms with Gasteiger partial charge in [-0.05, 0) is 50.8 Å². The molecule has 1 aromatic carbocycles. The Balaban J connectivity index is 1.91. The van der Waals surface area contributed by atoms with E-state index >= 15 is 0 Å². The van der Waals surface area contributed by atoms with Crippen LogP contribution in [0.2, 0.25) is 0 Å². The van der Waals surface area contributed by atoms with Gasteiger partial charge in [0.2, 0.25) is 0 Å². The fourth-order valence-corrected chi connectivity index (χ4v) is 2.34. The maximum Gasteiger partial charge on any atom is 0.122 e. The molecule has 0 bridgehead atoms. The maximum absolute atomic E-state index is 5.63. The highest BCUT2D eigenvalue weighted by Crippen LogP contribution is 2.21. The van der Waals surface area contributed by atoms with Crippen molar-refractivity contribution in [3.63, 3.8) is 0 Å². The average molecular weight is 219 g/mol. The summed E-state index contributed by atoms with van der Waals surface area (Å²) in [7, 11) is 0. The van der Waals surface area contributed by atoms with Crippen LogP contribution in [0.4, 0.5) is 0 Å². The second-order valence-electron chi connectivity index (χ2n) is 4.37. The highest BCUT2D eigenvalue weighted by molar-refractivity contribution is 5.33. The summed E-state index contributed by atoms with van der Waals surface area (Å²) in [5, 5.41) is 3.54. The topological polar surface area (TPSA) is 21.3 Å². The standard InChI is InChI=1S/C14H21NO/c1-2-16-14-8-4-3-6-12(14)9-10-13-7-5-11-15-13/h3-4,6,8,13,15H,2,5,7,9-11H2,1H3. The fraction of sp³-hybridized carbons (Fsp3) is 0.571. The molecule has 0 saturated carbocycles. The van der Waals surface area contributed by atoms with Crippen molar-refractivity contribution in [3.8, 4) is 5.75 Å². The molecule has 1 aromatic rings. The van der Waals surface area contributed by atoms with Crippen LogP contribution in [-0.4, -0.2) is 19.2 Å². The highest BCUT2D eigenvalue weighted by atomic mass is 16.5. The molecule has 1 fully saturated rings. The minimum absolute atomic E-state index is 0.717. The van der Waals surface area contributed by atoms with Gasteiger partial charge in [0.1, 0.15) is 5.75 Å². The molecule has 0 amide bonds. The molecule has 0 aromatic heterocycles. The molecule has 2 rings (SSSR count). The summed E-state index contributed by atoms with van der Waals surface area (Å²) in [6.45, 7) is 3.98. The smallest absolute Gasteiger partial charge is 0.122 e. The number of ether oxygens (including phenoxy) is 1. The lowest BCUT2D eigenvalue weighted by Crippen LogP contribution is -2.21. The van der Waals surface area contributed by atoms with Crippen LogP contribution in [0.25, 0.3) is 0 Å². The van der Waals surface area contributed by atoms with Crippen LogP contribution in [0.3, 0.4) is 0 Å². The van der Waals surface area contributed by atoms with Crippen LogP contribution in [-0.2, 0) is 6.42 Å². The zero-order chi connectivity index (χ0) is 11.2. The van der Waals surface area contributed by atoms with E-state index in [4.69, 9.17) is 4.74 Å². The van der Waals surface area contributed by atoms with Gasteiger partial charge in [-0.25, -0.2) is 0 Å². The van der Waals surface area contributed by atoms with Crippen molar-refractivity contribution >= 4 is 0 Å². The van der Waals surface area contributed by atoms with Crippen molar-refractivity contribution in [1.82, 2.24) is 5.32 Å². The summed E-state index contributed by atoms with van der Waals surface area (Å²) in [6, 6.07) is 9.11. The third-order valence-corrected chi connectivity index (χ3v) is 3.20. The predicted molar refractivity (Wildman–Crippen MR) is 67.0 cm³/mol. The van der Waals surface area contributed by atoms with Crippen LogP contribution in [0.5, 0.6) is 5.75 Å². The van der Waals surface area contributed by atoms with Crippen molar-refractivity contribution in [2.24, 2.45) is 0 Å². The second kappa shape index (κ2) is 5.90. The largest absolute Gasteiger partial charge is 0.494 e. The van der Waals surface area contributed by atoms with Gasteiger partial charge < -0.3 is 10.1 Å². The SMILES string of the molecule is CCOc1ccccc1CCC1CCCN1. The van der Waals surface area contributed by atoms with Gasteiger partial charge >= 0.3 is 0 Å². The molecular formula is C14H21NO. The van der Waals surface area contributed by atoms with Crippen LogP contribution < -0.4 is 10.1 Å². The zero-order valence-corrected chi connectivity index (χ0v) is 10.0. The second-order valence-corrected chi connectivity index (χ2v) is 4.37. The molecule has 0 spiro atoms. The predicted octanol–water partition coefficient (Wildman–Crippen LogP) is 2.77. The summed E-state index contributed by atoms with van der Waals surface area (Å²) in [5.41, 5.74) is 1.35. The van der Waals surface area contributed by atoms with Gasteiger partial charge in [-0.2, -0.15) is 0 Å². The summed E-state index contributed by atoms with van der Waals surface area (Å²) in [4.78, 5) is 0. The van der Waals surface area contributed by atoms with E-state index in [-0.39, 0.29) is 0 Å². The molecule has 0 aliphatic carbocycles. The Morgan fingerprint density at radius 1 is 1.38 bits per heavy atom. The maximum atomic E-state index is 5.63. The molecule has 0 radical (unpaired) electrons. The number of para-hydroxylation sites is 1. The molecular weight excluding hydrogens is 198 g/mol. The fourth-order valence-electron chi connectivity index (χ4n) is 2.34. The Hall–Kier alpha value is -1.02. The van der Waals surface area contributed by atoms with E-state index < -0.39 is 0 Å². The monoisotopic (exact) mass is 219 g/mol. The van der Waals surface area contributed by atoms with E-state index in [0.29, 0.717) is 0 Å². The van der Waals surface area contributed by atoms with E-state index in [9.17, 15) is 0 Å². The van der Waals surface area contributed by atoms with Gasteiger partial charge in [0.05, 0.1) is 6.61 Å². The Morgan fingerprint density at radius 2 is 2.25 bits per heavy atom.